The van der Waals surface area contributed by atoms with Gasteiger partial charge in [-0.3, -0.25) is 4.79 Å². The standard InChI is InChI=1S/C12H23N3O/c16-12(11-10-13-6-7-14-11)15-8-4-2-1-3-5-9-15/h11,13-14H,1-10H2. The third-order valence-corrected chi connectivity index (χ3v) is 3.51. The molecule has 2 rings (SSSR count). The minimum atomic E-state index is 0.00757. The zero-order valence-electron chi connectivity index (χ0n) is 10.0. The van der Waals surface area contributed by atoms with E-state index in [1.54, 1.807) is 0 Å². The van der Waals surface area contributed by atoms with Crippen LogP contribution in [0.5, 0.6) is 0 Å². The monoisotopic (exact) mass is 225 g/mol. The summed E-state index contributed by atoms with van der Waals surface area (Å²) in [4.78, 5) is 14.3. The predicted octanol–water partition coefficient (Wildman–Crippen LogP) is 0.341. The molecule has 0 bridgehead atoms. The summed E-state index contributed by atoms with van der Waals surface area (Å²) in [6.07, 6.45) is 6.24. The van der Waals surface area contributed by atoms with Crippen LogP contribution in [0.2, 0.25) is 0 Å². The highest BCUT2D eigenvalue weighted by molar-refractivity contribution is 5.82. The van der Waals surface area contributed by atoms with Crippen molar-refractivity contribution in [2.45, 2.75) is 38.1 Å². The Bertz CT molecular complexity index is 218. The summed E-state index contributed by atoms with van der Waals surface area (Å²) in [5, 5.41) is 6.57. The fourth-order valence-corrected chi connectivity index (χ4v) is 2.52. The molecular weight excluding hydrogens is 202 g/mol. The van der Waals surface area contributed by atoms with Crippen molar-refractivity contribution >= 4 is 5.91 Å². The first-order chi connectivity index (χ1) is 7.88. The van der Waals surface area contributed by atoms with Crippen molar-refractivity contribution in [3.63, 3.8) is 0 Å². The number of nitrogens with one attached hydrogen (secondary N) is 2. The highest BCUT2D eigenvalue weighted by Gasteiger charge is 2.25. The van der Waals surface area contributed by atoms with Crippen molar-refractivity contribution in [2.75, 3.05) is 32.7 Å². The fraction of sp³-hybridized carbons (Fsp3) is 0.917. The topological polar surface area (TPSA) is 44.4 Å². The van der Waals surface area contributed by atoms with Gasteiger partial charge in [0.05, 0.1) is 6.04 Å². The van der Waals surface area contributed by atoms with E-state index in [-0.39, 0.29) is 6.04 Å². The summed E-state index contributed by atoms with van der Waals surface area (Å²) in [5.41, 5.74) is 0. The highest BCUT2D eigenvalue weighted by Crippen LogP contribution is 2.11. The maximum Gasteiger partial charge on any atom is 0.241 e. The molecule has 2 fully saturated rings. The summed E-state index contributed by atoms with van der Waals surface area (Å²) in [6.45, 7) is 4.58. The molecule has 0 saturated carbocycles. The first-order valence-electron chi connectivity index (χ1n) is 6.61. The Labute approximate surface area is 97.8 Å². The number of carbonyl (C=O) groups is 1. The molecule has 2 N–H and O–H groups in total. The number of amides is 1. The first kappa shape index (κ1) is 11.9. The number of rotatable bonds is 1. The van der Waals surface area contributed by atoms with Crippen molar-refractivity contribution in [3.05, 3.63) is 0 Å². The Hall–Kier alpha value is -0.610. The van der Waals surface area contributed by atoms with Gasteiger partial charge in [-0.05, 0) is 12.8 Å². The third-order valence-electron chi connectivity index (χ3n) is 3.51. The minimum absolute atomic E-state index is 0.00757. The summed E-state index contributed by atoms with van der Waals surface area (Å²) >= 11 is 0. The molecule has 0 aliphatic carbocycles. The van der Waals surface area contributed by atoms with E-state index in [2.05, 4.69) is 15.5 Å². The Morgan fingerprint density at radius 3 is 2.31 bits per heavy atom. The molecule has 2 aliphatic rings. The van der Waals surface area contributed by atoms with Crippen LogP contribution in [0, 0.1) is 0 Å². The fourth-order valence-electron chi connectivity index (χ4n) is 2.52. The van der Waals surface area contributed by atoms with E-state index < -0.39 is 0 Å². The summed E-state index contributed by atoms with van der Waals surface area (Å²) in [7, 11) is 0. The Morgan fingerprint density at radius 2 is 1.69 bits per heavy atom. The SMILES string of the molecule is O=C(C1CNCCN1)N1CCCCCCC1. The largest absolute Gasteiger partial charge is 0.341 e. The van der Waals surface area contributed by atoms with Crippen LogP contribution >= 0.6 is 0 Å². The predicted molar refractivity (Wildman–Crippen MR) is 64.3 cm³/mol. The number of hydrogen-bond acceptors (Lipinski definition) is 3. The summed E-state index contributed by atoms with van der Waals surface area (Å²) in [6, 6.07) is 0.00757. The smallest absolute Gasteiger partial charge is 0.241 e. The number of carbonyl (C=O) groups excluding carboxylic acids is 1. The molecule has 1 amide bonds. The van der Waals surface area contributed by atoms with Gasteiger partial charge < -0.3 is 15.5 Å². The van der Waals surface area contributed by atoms with Crippen molar-refractivity contribution in [3.8, 4) is 0 Å². The second kappa shape index (κ2) is 6.21. The van der Waals surface area contributed by atoms with Crippen LogP contribution < -0.4 is 10.6 Å². The quantitative estimate of drug-likeness (QED) is 0.676. The Balaban J connectivity index is 1.85. The molecule has 0 aromatic heterocycles. The number of nitrogens with zero attached hydrogens (tertiary/aromatic N) is 1. The summed E-state index contributed by atoms with van der Waals surface area (Å²) < 4.78 is 0. The minimum Gasteiger partial charge on any atom is -0.341 e. The number of likely N-dealkylation sites (tertiary alicyclic amines) is 1. The van der Waals surface area contributed by atoms with E-state index in [0.29, 0.717) is 5.91 Å². The zero-order chi connectivity index (χ0) is 11.2. The molecule has 2 saturated heterocycles. The third kappa shape index (κ3) is 3.19. The normalized spacial score (nSPS) is 28.2. The Morgan fingerprint density at radius 1 is 1.00 bits per heavy atom. The maximum atomic E-state index is 12.2. The van der Waals surface area contributed by atoms with E-state index in [1.807, 2.05) is 0 Å². The van der Waals surface area contributed by atoms with Crippen LogP contribution in [0.25, 0.3) is 0 Å². The van der Waals surface area contributed by atoms with Gasteiger partial charge in [0.1, 0.15) is 0 Å². The number of piperazine rings is 1. The molecule has 16 heavy (non-hydrogen) atoms. The lowest BCUT2D eigenvalue weighted by molar-refractivity contribution is -0.134. The van der Waals surface area contributed by atoms with Gasteiger partial charge in [0.2, 0.25) is 5.91 Å². The second-order valence-electron chi connectivity index (χ2n) is 4.80. The van der Waals surface area contributed by atoms with Crippen LogP contribution in [0.3, 0.4) is 0 Å². The van der Waals surface area contributed by atoms with Gasteiger partial charge in [-0.25, -0.2) is 0 Å². The van der Waals surface area contributed by atoms with Gasteiger partial charge >= 0.3 is 0 Å². The highest BCUT2D eigenvalue weighted by atomic mass is 16.2. The van der Waals surface area contributed by atoms with Gasteiger partial charge in [0.25, 0.3) is 0 Å². The molecule has 1 atom stereocenters. The summed E-state index contributed by atoms with van der Waals surface area (Å²) in [5.74, 6) is 0.300. The van der Waals surface area contributed by atoms with Crippen LogP contribution in [0.4, 0.5) is 0 Å². The maximum absolute atomic E-state index is 12.2. The lowest BCUT2D eigenvalue weighted by Gasteiger charge is -2.31. The Kier molecular flexibility index (Phi) is 4.60. The molecule has 0 spiro atoms. The van der Waals surface area contributed by atoms with E-state index in [0.717, 1.165) is 32.7 Å². The molecule has 0 aromatic carbocycles. The average molecular weight is 225 g/mol. The molecule has 2 aliphatic heterocycles. The first-order valence-corrected chi connectivity index (χ1v) is 6.61. The van der Waals surface area contributed by atoms with E-state index in [1.165, 1.54) is 32.1 Å². The molecule has 4 heteroatoms. The molecule has 0 aromatic rings. The van der Waals surface area contributed by atoms with Crippen molar-refractivity contribution in [2.24, 2.45) is 0 Å². The van der Waals surface area contributed by atoms with Crippen LogP contribution in [0.1, 0.15) is 32.1 Å². The molecule has 0 radical (unpaired) electrons. The van der Waals surface area contributed by atoms with Gasteiger partial charge in [0.15, 0.2) is 0 Å². The lowest BCUT2D eigenvalue weighted by Crippen LogP contribution is -2.56. The zero-order valence-corrected chi connectivity index (χ0v) is 10.0. The van der Waals surface area contributed by atoms with Crippen LogP contribution in [0.15, 0.2) is 0 Å². The van der Waals surface area contributed by atoms with Crippen LogP contribution in [-0.2, 0) is 4.79 Å². The van der Waals surface area contributed by atoms with Crippen molar-refractivity contribution in [1.82, 2.24) is 15.5 Å². The number of hydrogen-bond donors (Lipinski definition) is 2. The van der Waals surface area contributed by atoms with E-state index >= 15 is 0 Å². The molecule has 1 unspecified atom stereocenters. The van der Waals surface area contributed by atoms with Gasteiger partial charge in [0, 0.05) is 32.7 Å². The van der Waals surface area contributed by atoms with Crippen molar-refractivity contribution in [1.29, 1.82) is 0 Å². The van der Waals surface area contributed by atoms with Crippen molar-refractivity contribution < 1.29 is 4.79 Å². The van der Waals surface area contributed by atoms with Gasteiger partial charge in [-0.1, -0.05) is 19.3 Å². The second-order valence-corrected chi connectivity index (χ2v) is 4.80. The molecule has 4 nitrogen and oxygen atoms in total. The molecule has 2 heterocycles. The van der Waals surface area contributed by atoms with E-state index in [9.17, 15) is 4.79 Å². The van der Waals surface area contributed by atoms with Gasteiger partial charge in [-0.15, -0.1) is 0 Å². The average Bonchev–Trinajstić information content (AvgIpc) is 2.29. The van der Waals surface area contributed by atoms with Gasteiger partial charge in [-0.2, -0.15) is 0 Å². The lowest BCUT2D eigenvalue weighted by atomic mass is 10.1. The molecular formula is C12H23N3O. The van der Waals surface area contributed by atoms with Crippen LogP contribution in [-0.4, -0.2) is 49.6 Å². The van der Waals surface area contributed by atoms with E-state index in [4.69, 9.17) is 0 Å². The molecule has 92 valence electrons.